The van der Waals surface area contributed by atoms with Crippen molar-refractivity contribution >= 4 is 12.1 Å². The predicted octanol–water partition coefficient (Wildman–Crippen LogP) is 4.16. The van der Waals surface area contributed by atoms with Gasteiger partial charge >= 0.3 is 0 Å². The fraction of sp³-hybridized carbons (Fsp3) is 0.0476. The molecule has 0 heterocycles. The minimum Gasteiger partial charge on any atom is -0.484 e. The van der Waals surface area contributed by atoms with Crippen LogP contribution in [0.1, 0.15) is 5.56 Å². The van der Waals surface area contributed by atoms with E-state index in [0.29, 0.717) is 11.3 Å². The molecular weight excluding hydrogens is 350 g/mol. The van der Waals surface area contributed by atoms with Crippen molar-refractivity contribution in [1.82, 2.24) is 5.43 Å². The van der Waals surface area contributed by atoms with Gasteiger partial charge in [-0.25, -0.2) is 14.2 Å². The highest BCUT2D eigenvalue weighted by Crippen LogP contribution is 2.21. The van der Waals surface area contributed by atoms with Gasteiger partial charge in [0.1, 0.15) is 5.75 Å². The molecule has 0 saturated heterocycles. The molecule has 0 spiro atoms. The number of carbonyl (C=O) groups excluding carboxylic acids is 1. The summed E-state index contributed by atoms with van der Waals surface area (Å²) in [6, 6.07) is 20.6. The summed E-state index contributed by atoms with van der Waals surface area (Å²) in [5.41, 5.74) is 4.72. The second kappa shape index (κ2) is 8.71. The summed E-state index contributed by atoms with van der Waals surface area (Å²) < 4.78 is 31.3. The third-order valence-corrected chi connectivity index (χ3v) is 3.68. The average molecular weight is 366 g/mol. The maximum Gasteiger partial charge on any atom is 0.277 e. The van der Waals surface area contributed by atoms with Gasteiger partial charge in [-0.2, -0.15) is 5.10 Å². The predicted molar refractivity (Wildman–Crippen MR) is 99.5 cm³/mol. The van der Waals surface area contributed by atoms with Crippen molar-refractivity contribution in [2.24, 2.45) is 5.10 Å². The number of hydrogen-bond acceptors (Lipinski definition) is 3. The molecular formula is C21H16F2N2O2. The lowest BCUT2D eigenvalue weighted by atomic mass is 10.1. The van der Waals surface area contributed by atoms with Crippen LogP contribution in [0.3, 0.4) is 0 Å². The number of halogens is 2. The van der Waals surface area contributed by atoms with Gasteiger partial charge in [0.05, 0.1) is 6.21 Å². The molecule has 0 radical (unpaired) electrons. The van der Waals surface area contributed by atoms with E-state index < -0.39 is 17.5 Å². The fourth-order valence-corrected chi connectivity index (χ4v) is 2.33. The Labute approximate surface area is 155 Å². The van der Waals surface area contributed by atoms with Gasteiger partial charge in [-0.3, -0.25) is 4.79 Å². The quantitative estimate of drug-likeness (QED) is 0.526. The lowest BCUT2D eigenvalue weighted by molar-refractivity contribution is -0.123. The van der Waals surface area contributed by atoms with Crippen molar-refractivity contribution in [2.75, 3.05) is 6.61 Å². The normalized spacial score (nSPS) is 10.7. The van der Waals surface area contributed by atoms with E-state index in [4.69, 9.17) is 4.74 Å². The van der Waals surface area contributed by atoms with Crippen LogP contribution in [0.2, 0.25) is 0 Å². The third kappa shape index (κ3) is 5.22. The molecule has 0 fully saturated rings. The van der Waals surface area contributed by atoms with E-state index >= 15 is 0 Å². The van der Waals surface area contributed by atoms with Crippen molar-refractivity contribution in [3.8, 4) is 16.9 Å². The summed E-state index contributed by atoms with van der Waals surface area (Å²) >= 11 is 0. The molecule has 0 aromatic heterocycles. The number of nitrogens with zero attached hydrogens (tertiary/aromatic N) is 1. The maximum absolute atomic E-state index is 13.1. The standard InChI is InChI=1S/C21H16F2N2O2/c22-19-11-6-15(12-20(19)23)13-24-25-21(26)14-27-18-9-7-17(8-10-18)16-4-2-1-3-5-16/h1-13H,14H2,(H,25,26)/b24-13+. The topological polar surface area (TPSA) is 50.7 Å². The molecule has 6 heteroatoms. The molecule has 1 amide bonds. The summed E-state index contributed by atoms with van der Waals surface area (Å²) in [6.07, 6.45) is 1.22. The number of hydrogen-bond donors (Lipinski definition) is 1. The van der Waals surface area contributed by atoms with E-state index in [-0.39, 0.29) is 6.61 Å². The SMILES string of the molecule is O=C(COc1ccc(-c2ccccc2)cc1)N/N=C/c1ccc(F)c(F)c1. The number of rotatable bonds is 6. The van der Waals surface area contributed by atoms with E-state index in [1.807, 2.05) is 42.5 Å². The first-order chi connectivity index (χ1) is 13.1. The average Bonchev–Trinajstić information content (AvgIpc) is 2.70. The molecule has 3 aromatic carbocycles. The van der Waals surface area contributed by atoms with Crippen molar-refractivity contribution in [3.63, 3.8) is 0 Å². The summed E-state index contributed by atoms with van der Waals surface area (Å²) in [5.74, 6) is -1.84. The highest BCUT2D eigenvalue weighted by molar-refractivity contribution is 5.82. The summed E-state index contributed by atoms with van der Waals surface area (Å²) in [4.78, 5) is 11.7. The Balaban J connectivity index is 1.49. The zero-order chi connectivity index (χ0) is 19.1. The van der Waals surface area contributed by atoms with E-state index in [1.165, 1.54) is 12.3 Å². The molecule has 0 atom stereocenters. The number of carbonyl (C=O) groups is 1. The van der Waals surface area contributed by atoms with Gasteiger partial charge in [0.15, 0.2) is 18.2 Å². The molecule has 4 nitrogen and oxygen atoms in total. The Morgan fingerprint density at radius 1 is 0.926 bits per heavy atom. The zero-order valence-corrected chi connectivity index (χ0v) is 14.2. The van der Waals surface area contributed by atoms with Crippen LogP contribution in [0, 0.1) is 11.6 Å². The minimum absolute atomic E-state index is 0.222. The molecule has 136 valence electrons. The van der Waals surface area contributed by atoms with Crippen LogP contribution in [-0.4, -0.2) is 18.7 Å². The van der Waals surface area contributed by atoms with Crippen molar-refractivity contribution in [1.29, 1.82) is 0 Å². The molecule has 3 rings (SSSR count). The molecule has 0 aliphatic heterocycles. The van der Waals surface area contributed by atoms with Crippen molar-refractivity contribution in [2.45, 2.75) is 0 Å². The molecule has 1 N–H and O–H groups in total. The fourth-order valence-electron chi connectivity index (χ4n) is 2.33. The van der Waals surface area contributed by atoms with Crippen LogP contribution in [-0.2, 0) is 4.79 Å². The van der Waals surface area contributed by atoms with E-state index in [0.717, 1.165) is 23.3 Å². The Hall–Kier alpha value is -3.54. The summed E-state index contributed by atoms with van der Waals surface area (Å²) in [6.45, 7) is -0.222. The monoisotopic (exact) mass is 366 g/mol. The number of amides is 1. The Kier molecular flexibility index (Phi) is 5.89. The highest BCUT2D eigenvalue weighted by Gasteiger charge is 2.03. The Morgan fingerprint density at radius 2 is 1.63 bits per heavy atom. The van der Waals surface area contributed by atoms with Crippen LogP contribution >= 0.6 is 0 Å². The lowest BCUT2D eigenvalue weighted by Crippen LogP contribution is -2.24. The van der Waals surface area contributed by atoms with Gasteiger partial charge in [-0.15, -0.1) is 0 Å². The highest BCUT2D eigenvalue weighted by atomic mass is 19.2. The minimum atomic E-state index is -0.979. The molecule has 27 heavy (non-hydrogen) atoms. The third-order valence-electron chi connectivity index (χ3n) is 3.68. The summed E-state index contributed by atoms with van der Waals surface area (Å²) in [7, 11) is 0. The van der Waals surface area contributed by atoms with Crippen LogP contribution in [0.5, 0.6) is 5.75 Å². The van der Waals surface area contributed by atoms with Gasteiger partial charge in [0.2, 0.25) is 0 Å². The van der Waals surface area contributed by atoms with Crippen LogP contribution in [0.25, 0.3) is 11.1 Å². The summed E-state index contributed by atoms with van der Waals surface area (Å²) in [5, 5.41) is 3.68. The Bertz CT molecular complexity index is 942. The van der Waals surface area contributed by atoms with Gasteiger partial charge in [-0.1, -0.05) is 48.5 Å². The van der Waals surface area contributed by atoms with E-state index in [9.17, 15) is 13.6 Å². The second-order valence-electron chi connectivity index (χ2n) is 5.65. The number of ether oxygens (including phenoxy) is 1. The van der Waals surface area contributed by atoms with E-state index in [1.54, 1.807) is 12.1 Å². The van der Waals surface area contributed by atoms with Crippen molar-refractivity contribution < 1.29 is 18.3 Å². The zero-order valence-electron chi connectivity index (χ0n) is 14.2. The van der Waals surface area contributed by atoms with Gasteiger partial charge < -0.3 is 4.74 Å². The largest absolute Gasteiger partial charge is 0.484 e. The maximum atomic E-state index is 13.1. The van der Waals surface area contributed by atoms with Gasteiger partial charge in [-0.05, 0) is 41.0 Å². The molecule has 0 saturated carbocycles. The van der Waals surface area contributed by atoms with Crippen LogP contribution in [0.15, 0.2) is 77.9 Å². The van der Waals surface area contributed by atoms with E-state index in [2.05, 4.69) is 10.5 Å². The van der Waals surface area contributed by atoms with Crippen LogP contribution < -0.4 is 10.2 Å². The number of hydrazone groups is 1. The lowest BCUT2D eigenvalue weighted by Gasteiger charge is -2.06. The molecule has 0 bridgehead atoms. The van der Waals surface area contributed by atoms with Crippen LogP contribution in [0.4, 0.5) is 8.78 Å². The first kappa shape index (κ1) is 18.3. The molecule has 0 unspecified atom stereocenters. The molecule has 3 aromatic rings. The van der Waals surface area contributed by atoms with Crippen molar-refractivity contribution in [3.05, 3.63) is 90.0 Å². The first-order valence-corrected chi connectivity index (χ1v) is 8.17. The molecule has 0 aliphatic carbocycles. The smallest absolute Gasteiger partial charge is 0.277 e. The first-order valence-electron chi connectivity index (χ1n) is 8.17. The molecule has 0 aliphatic rings. The number of benzene rings is 3. The van der Waals surface area contributed by atoms with Gasteiger partial charge in [0, 0.05) is 0 Å². The van der Waals surface area contributed by atoms with Gasteiger partial charge in [0.25, 0.3) is 5.91 Å². The second-order valence-corrected chi connectivity index (χ2v) is 5.65. The Morgan fingerprint density at radius 3 is 2.33 bits per heavy atom. The number of nitrogens with one attached hydrogen (secondary N) is 1.